The van der Waals surface area contributed by atoms with Gasteiger partial charge in [0, 0.05) is 54.5 Å². The molecular weight excluding hydrogens is 328 g/mol. The second-order valence-electron chi connectivity index (χ2n) is 5.84. The Morgan fingerprint density at radius 1 is 1.21 bits per heavy atom. The molecule has 6 nitrogen and oxygen atoms in total. The van der Waals surface area contributed by atoms with Gasteiger partial charge in [0.15, 0.2) is 0 Å². The Morgan fingerprint density at radius 2 is 2.00 bits per heavy atom. The number of nitrogens with zero attached hydrogens (tertiary/aromatic N) is 2. The van der Waals surface area contributed by atoms with Crippen LogP contribution >= 0.6 is 11.6 Å². The van der Waals surface area contributed by atoms with Crippen LogP contribution in [0.2, 0.25) is 5.02 Å². The van der Waals surface area contributed by atoms with Crippen LogP contribution in [0.1, 0.15) is 11.1 Å². The summed E-state index contributed by atoms with van der Waals surface area (Å²) in [7, 11) is 3.13. The van der Waals surface area contributed by atoms with Gasteiger partial charge < -0.3 is 14.9 Å². The number of H-pyrrole nitrogens is 1. The van der Waals surface area contributed by atoms with Gasteiger partial charge in [0.1, 0.15) is 0 Å². The summed E-state index contributed by atoms with van der Waals surface area (Å²) < 4.78 is 2.54. The van der Waals surface area contributed by atoms with Gasteiger partial charge in [0.2, 0.25) is 0 Å². The highest BCUT2D eigenvalue weighted by atomic mass is 35.5. The number of aromatic nitrogens is 3. The Hall–Kier alpha value is -2.31. The van der Waals surface area contributed by atoms with E-state index in [1.165, 1.54) is 17.2 Å². The summed E-state index contributed by atoms with van der Waals surface area (Å²) in [6, 6.07) is 5.77. The number of nitrogens with one attached hydrogen (secondary N) is 2. The number of fused-ring (bicyclic) bond motifs is 1. The third kappa shape index (κ3) is 3.16. The minimum Gasteiger partial charge on any atom is -0.361 e. The Kier molecular flexibility index (Phi) is 4.59. The maximum atomic E-state index is 12.1. The molecule has 0 spiro atoms. The Morgan fingerprint density at radius 3 is 2.79 bits per heavy atom. The van der Waals surface area contributed by atoms with Gasteiger partial charge in [-0.25, -0.2) is 4.79 Å². The van der Waals surface area contributed by atoms with Crippen LogP contribution in [0.5, 0.6) is 0 Å². The normalized spacial score (nSPS) is 11.3. The maximum Gasteiger partial charge on any atom is 0.330 e. The van der Waals surface area contributed by atoms with Crippen LogP contribution < -0.4 is 16.6 Å². The third-order valence-electron chi connectivity index (χ3n) is 4.13. The van der Waals surface area contributed by atoms with Crippen molar-refractivity contribution in [1.29, 1.82) is 0 Å². The first-order valence-corrected chi connectivity index (χ1v) is 8.07. The number of aromatic amines is 1. The Labute approximate surface area is 143 Å². The Bertz CT molecular complexity index is 1000. The van der Waals surface area contributed by atoms with Gasteiger partial charge in [-0.3, -0.25) is 9.36 Å². The van der Waals surface area contributed by atoms with Gasteiger partial charge in [-0.2, -0.15) is 0 Å². The first kappa shape index (κ1) is 16.5. The Balaban J connectivity index is 1.66. The highest BCUT2D eigenvalue weighted by Gasteiger charge is 2.07. The van der Waals surface area contributed by atoms with Crippen LogP contribution in [-0.2, 0) is 27.1 Å². The van der Waals surface area contributed by atoms with E-state index in [-0.39, 0.29) is 11.2 Å². The van der Waals surface area contributed by atoms with E-state index in [0.29, 0.717) is 23.7 Å². The summed E-state index contributed by atoms with van der Waals surface area (Å²) in [6.07, 6.45) is 4.38. The first-order valence-electron chi connectivity index (χ1n) is 7.69. The van der Waals surface area contributed by atoms with Gasteiger partial charge in [-0.1, -0.05) is 11.6 Å². The van der Waals surface area contributed by atoms with Crippen LogP contribution in [0.3, 0.4) is 0 Å². The predicted octanol–water partition coefficient (Wildman–Crippen LogP) is 1.55. The monoisotopic (exact) mass is 346 g/mol. The summed E-state index contributed by atoms with van der Waals surface area (Å²) in [4.78, 5) is 27.0. The van der Waals surface area contributed by atoms with Crippen molar-refractivity contribution >= 4 is 22.5 Å². The molecule has 0 saturated heterocycles. The largest absolute Gasteiger partial charge is 0.361 e. The minimum atomic E-state index is -0.320. The molecule has 0 fully saturated rings. The second kappa shape index (κ2) is 6.67. The highest BCUT2D eigenvalue weighted by molar-refractivity contribution is 6.31. The lowest BCUT2D eigenvalue weighted by Crippen LogP contribution is -2.39. The van der Waals surface area contributed by atoms with Crippen molar-refractivity contribution in [1.82, 2.24) is 19.4 Å². The fourth-order valence-corrected chi connectivity index (χ4v) is 2.98. The van der Waals surface area contributed by atoms with Crippen molar-refractivity contribution < 1.29 is 0 Å². The molecule has 24 heavy (non-hydrogen) atoms. The second-order valence-corrected chi connectivity index (χ2v) is 6.28. The number of halogens is 1. The summed E-state index contributed by atoms with van der Waals surface area (Å²) >= 11 is 6.05. The average Bonchev–Trinajstić information content (AvgIpc) is 2.96. The predicted molar refractivity (Wildman–Crippen MR) is 95.6 cm³/mol. The summed E-state index contributed by atoms with van der Waals surface area (Å²) in [5.41, 5.74) is 2.22. The van der Waals surface area contributed by atoms with Crippen molar-refractivity contribution in [3.05, 3.63) is 67.6 Å². The summed E-state index contributed by atoms with van der Waals surface area (Å²) in [5, 5.41) is 5.08. The molecule has 0 unspecified atom stereocenters. The smallest absolute Gasteiger partial charge is 0.330 e. The summed E-state index contributed by atoms with van der Waals surface area (Å²) in [5.74, 6) is 0. The van der Waals surface area contributed by atoms with Crippen molar-refractivity contribution in [2.75, 3.05) is 6.54 Å². The zero-order chi connectivity index (χ0) is 17.3. The van der Waals surface area contributed by atoms with E-state index >= 15 is 0 Å². The molecule has 0 saturated carbocycles. The number of aryl methyl sites for hydroxylation is 1. The lowest BCUT2D eigenvalue weighted by atomic mass is 10.1. The molecule has 1 aromatic carbocycles. The molecule has 0 aliphatic rings. The fourth-order valence-electron chi connectivity index (χ4n) is 2.81. The maximum absolute atomic E-state index is 12.1. The van der Waals surface area contributed by atoms with E-state index in [4.69, 9.17) is 11.6 Å². The molecule has 0 aliphatic heterocycles. The molecule has 3 rings (SSSR count). The van der Waals surface area contributed by atoms with Crippen molar-refractivity contribution in [2.45, 2.75) is 13.0 Å². The quantitative estimate of drug-likeness (QED) is 0.688. The van der Waals surface area contributed by atoms with Crippen molar-refractivity contribution in [3.63, 3.8) is 0 Å². The third-order valence-corrected chi connectivity index (χ3v) is 4.37. The van der Waals surface area contributed by atoms with E-state index in [1.54, 1.807) is 13.2 Å². The lowest BCUT2D eigenvalue weighted by Gasteiger charge is -2.08. The molecule has 2 N–H and O–H groups in total. The van der Waals surface area contributed by atoms with E-state index in [9.17, 15) is 9.59 Å². The molecule has 3 aromatic rings. The molecule has 2 aromatic heterocycles. The molecule has 0 atom stereocenters. The van der Waals surface area contributed by atoms with Gasteiger partial charge in [0.05, 0.1) is 0 Å². The molecule has 126 valence electrons. The van der Waals surface area contributed by atoms with E-state index in [0.717, 1.165) is 21.9 Å². The van der Waals surface area contributed by atoms with E-state index < -0.39 is 0 Å². The zero-order valence-corrected chi connectivity index (χ0v) is 14.4. The van der Waals surface area contributed by atoms with Gasteiger partial charge in [0.25, 0.3) is 5.56 Å². The highest BCUT2D eigenvalue weighted by Crippen LogP contribution is 2.22. The van der Waals surface area contributed by atoms with Crippen LogP contribution in [0.4, 0.5) is 0 Å². The number of hydrogen-bond donors (Lipinski definition) is 2. The van der Waals surface area contributed by atoms with Gasteiger partial charge in [-0.15, -0.1) is 0 Å². The number of hydrogen-bond acceptors (Lipinski definition) is 3. The average molecular weight is 347 g/mol. The molecule has 0 aliphatic carbocycles. The standard InChI is InChI=1S/C17H19ClN4O2/c1-21-10-12(16(23)22(2)17(21)24)8-19-6-5-11-9-20-15-4-3-13(18)7-14(11)15/h3-4,7,9-10,19-20H,5-6,8H2,1-2H3. The van der Waals surface area contributed by atoms with Crippen LogP contribution in [0.15, 0.2) is 40.2 Å². The molecule has 0 amide bonds. The van der Waals surface area contributed by atoms with Crippen LogP contribution in [0.25, 0.3) is 10.9 Å². The zero-order valence-electron chi connectivity index (χ0n) is 13.6. The minimum absolute atomic E-state index is 0.260. The van der Waals surface area contributed by atoms with Crippen LogP contribution in [-0.4, -0.2) is 20.7 Å². The molecule has 0 radical (unpaired) electrons. The van der Waals surface area contributed by atoms with Crippen molar-refractivity contribution in [2.24, 2.45) is 14.1 Å². The van der Waals surface area contributed by atoms with Gasteiger partial charge >= 0.3 is 5.69 Å². The topological polar surface area (TPSA) is 71.8 Å². The lowest BCUT2D eigenvalue weighted by molar-refractivity contribution is 0.630. The number of benzene rings is 1. The number of rotatable bonds is 5. The molecule has 2 heterocycles. The fraction of sp³-hybridized carbons (Fsp3) is 0.294. The molecule has 0 bridgehead atoms. The summed E-state index contributed by atoms with van der Waals surface area (Å²) in [6.45, 7) is 1.13. The van der Waals surface area contributed by atoms with Gasteiger partial charge in [-0.05, 0) is 36.7 Å². The first-order chi connectivity index (χ1) is 11.5. The van der Waals surface area contributed by atoms with E-state index in [1.807, 2.05) is 24.4 Å². The molecular formula is C17H19ClN4O2. The SMILES string of the molecule is Cn1cc(CNCCc2c[nH]c3ccc(Cl)cc23)c(=O)n(C)c1=O. The van der Waals surface area contributed by atoms with E-state index in [2.05, 4.69) is 10.3 Å². The van der Waals surface area contributed by atoms with Crippen LogP contribution in [0, 0.1) is 0 Å². The molecule has 7 heteroatoms. The van der Waals surface area contributed by atoms with Crippen molar-refractivity contribution in [3.8, 4) is 0 Å².